The van der Waals surface area contributed by atoms with E-state index in [1.165, 1.54) is 17.0 Å². The summed E-state index contributed by atoms with van der Waals surface area (Å²) in [6.07, 6.45) is 7.46. The molecule has 2 heterocycles. The van der Waals surface area contributed by atoms with Gasteiger partial charge in [0.05, 0.1) is 54.6 Å². The number of halogens is 1. The molecule has 6 atom stereocenters. The quantitative estimate of drug-likeness (QED) is 0.0236. The molecule has 1 saturated carbocycles. The molecule has 2 aliphatic carbocycles. The number of aromatic nitrogens is 1. The van der Waals surface area contributed by atoms with Crippen molar-refractivity contribution in [2.45, 2.75) is 82.8 Å². The Hall–Kier alpha value is -5.10. The fraction of sp³-hybridized carbons (Fsp3) is 0.521. The van der Waals surface area contributed by atoms with E-state index in [2.05, 4.69) is 17.6 Å². The van der Waals surface area contributed by atoms with Crippen LogP contribution in [0.4, 0.5) is 10.5 Å². The van der Waals surface area contributed by atoms with Crippen molar-refractivity contribution in [3.8, 4) is 11.5 Å². The van der Waals surface area contributed by atoms with Gasteiger partial charge in [-0.05, 0) is 98.0 Å². The summed E-state index contributed by atoms with van der Waals surface area (Å²) in [6, 6.07) is 16.7. The Labute approximate surface area is 384 Å². The van der Waals surface area contributed by atoms with Crippen LogP contribution in [-0.4, -0.2) is 112 Å². The molecule has 16 nitrogen and oxygen atoms in total. The van der Waals surface area contributed by atoms with Gasteiger partial charge in [-0.3, -0.25) is 20.0 Å². The first kappa shape index (κ1) is 49.3. The molecule has 65 heavy (non-hydrogen) atoms. The van der Waals surface area contributed by atoms with E-state index >= 15 is 0 Å². The lowest BCUT2D eigenvalue weighted by Gasteiger charge is -2.59. The Morgan fingerprint density at radius 1 is 1.03 bits per heavy atom. The fourth-order valence-electron chi connectivity index (χ4n) is 9.39. The van der Waals surface area contributed by atoms with Gasteiger partial charge >= 0.3 is 6.09 Å². The zero-order valence-electron chi connectivity index (χ0n) is 36.9. The molecule has 0 radical (unpaired) electrons. The molecule has 3 aliphatic rings. The van der Waals surface area contributed by atoms with Gasteiger partial charge in [0.1, 0.15) is 37.4 Å². The van der Waals surface area contributed by atoms with Crippen molar-refractivity contribution in [3.63, 3.8) is 0 Å². The molecule has 0 unspecified atom stereocenters. The Bertz CT molecular complexity index is 2100. The van der Waals surface area contributed by atoms with Crippen LogP contribution in [0, 0.1) is 34.8 Å². The molecule has 1 aliphatic heterocycles. The number of nitro benzene ring substituents is 1. The smallest absolute Gasteiger partial charge is 0.410 e. The summed E-state index contributed by atoms with van der Waals surface area (Å²) in [5.74, 6) is -1.34. The van der Waals surface area contributed by atoms with Gasteiger partial charge in [-0.25, -0.2) is 4.79 Å². The highest BCUT2D eigenvalue weighted by molar-refractivity contribution is 6.18. The molecule has 0 saturated heterocycles. The van der Waals surface area contributed by atoms with Crippen LogP contribution >= 0.6 is 11.6 Å². The number of oxime groups is 1. The largest absolute Gasteiger partial charge is 0.487 e. The summed E-state index contributed by atoms with van der Waals surface area (Å²) in [7, 11) is 0. The molecule has 0 spiro atoms. The van der Waals surface area contributed by atoms with Crippen LogP contribution in [0.3, 0.4) is 0 Å². The second-order valence-corrected chi connectivity index (χ2v) is 16.7. The molecule has 3 N–H and O–H groups in total. The first-order valence-electron chi connectivity index (χ1n) is 22.3. The highest BCUT2D eigenvalue weighted by atomic mass is 35.5. The number of hydrogen-bond donors (Lipinski definition) is 3. The fourth-order valence-corrected chi connectivity index (χ4v) is 9.46. The molecule has 6 rings (SSSR count). The maximum Gasteiger partial charge on any atom is 0.410 e. The molecule has 3 aromatic rings. The number of ether oxygens (including phenoxy) is 5. The maximum atomic E-state index is 14.3. The van der Waals surface area contributed by atoms with E-state index < -0.39 is 28.8 Å². The zero-order valence-corrected chi connectivity index (χ0v) is 37.7. The van der Waals surface area contributed by atoms with E-state index in [1.807, 2.05) is 43.3 Å². The van der Waals surface area contributed by atoms with Crippen LogP contribution in [-0.2, 0) is 32.3 Å². The predicted molar refractivity (Wildman–Crippen MR) is 243 cm³/mol. The Kier molecular flexibility index (Phi) is 18.5. The standard InChI is InChI=1S/C48H61ClN4O12/c1-3-24-63-48-44(52(20-26-60-27-23-56)47(57)61-25-19-49)30-42(51-64-31-34-13-15-37(16-14-34)53(58)59)40-28-35(10-4-6-21-54)39(12-5-7-22-55)45(46(40)48)41-29-38(17-18-43(41)65-48)62-32-36-11-8-9-33(2)50-36/h3,8-9,11,13-18,28-29,35,39,44-46,54-56H,1,4-7,10,12,19-27,30-32H2,2H3/t35-,39+,44-,45+,46+,48+/m0/s1. The van der Waals surface area contributed by atoms with Gasteiger partial charge in [0, 0.05) is 55.5 Å². The molecular formula is C48H61ClN4O12. The number of amides is 1. The third kappa shape index (κ3) is 12.2. The van der Waals surface area contributed by atoms with Crippen molar-refractivity contribution in [3.05, 3.63) is 118 Å². The number of non-ortho nitro benzene ring substituents is 1. The number of hydrogen-bond acceptors (Lipinski definition) is 14. The van der Waals surface area contributed by atoms with Crippen molar-refractivity contribution in [1.82, 2.24) is 9.88 Å². The predicted octanol–water partition coefficient (Wildman–Crippen LogP) is 7.40. The van der Waals surface area contributed by atoms with Gasteiger partial charge in [-0.2, -0.15) is 0 Å². The summed E-state index contributed by atoms with van der Waals surface area (Å²) in [6.45, 7) is 6.15. The van der Waals surface area contributed by atoms with E-state index in [-0.39, 0.29) is 102 Å². The number of pyridine rings is 1. The summed E-state index contributed by atoms with van der Waals surface area (Å²) in [5.41, 5.74) is 4.50. The number of fused-ring (bicyclic) bond motifs is 2. The minimum Gasteiger partial charge on any atom is -0.487 e. The van der Waals surface area contributed by atoms with Crippen molar-refractivity contribution >= 4 is 29.1 Å². The van der Waals surface area contributed by atoms with Gasteiger partial charge in [-0.15, -0.1) is 18.2 Å². The van der Waals surface area contributed by atoms with E-state index in [9.17, 15) is 30.2 Å². The van der Waals surface area contributed by atoms with Crippen molar-refractivity contribution in [2.24, 2.45) is 22.9 Å². The average Bonchev–Trinajstić information content (AvgIpc) is 3.31. The van der Waals surface area contributed by atoms with Gasteiger partial charge in [0.2, 0.25) is 5.79 Å². The zero-order chi connectivity index (χ0) is 46.2. The molecule has 352 valence electrons. The van der Waals surface area contributed by atoms with Gasteiger partial charge < -0.3 is 43.8 Å². The number of rotatable bonds is 26. The van der Waals surface area contributed by atoms with Crippen LogP contribution in [0.25, 0.3) is 0 Å². The minimum absolute atomic E-state index is 0.00165. The number of benzene rings is 2. The number of allylic oxidation sites excluding steroid dienone is 1. The van der Waals surface area contributed by atoms with Crippen molar-refractivity contribution in [1.29, 1.82) is 0 Å². The first-order valence-corrected chi connectivity index (χ1v) is 22.9. The Morgan fingerprint density at radius 3 is 2.52 bits per heavy atom. The number of nitro groups is 1. The molecule has 0 bridgehead atoms. The van der Waals surface area contributed by atoms with Crippen LogP contribution in [0.5, 0.6) is 11.5 Å². The molecular weight excluding hydrogens is 860 g/mol. The molecule has 17 heteroatoms. The molecule has 1 amide bonds. The highest BCUT2D eigenvalue weighted by Crippen LogP contribution is 2.62. The van der Waals surface area contributed by atoms with Gasteiger partial charge in [-0.1, -0.05) is 36.2 Å². The molecule has 1 aromatic heterocycles. The number of carbonyl (C=O) groups is 1. The monoisotopic (exact) mass is 920 g/mol. The van der Waals surface area contributed by atoms with E-state index in [1.54, 1.807) is 18.2 Å². The second kappa shape index (κ2) is 24.4. The summed E-state index contributed by atoms with van der Waals surface area (Å²) in [5, 5.41) is 45.6. The number of aliphatic hydroxyl groups is 3. The lowest BCUT2D eigenvalue weighted by molar-refractivity contribution is -0.384. The first-order chi connectivity index (χ1) is 31.7. The topological polar surface area (TPSA) is 205 Å². The summed E-state index contributed by atoms with van der Waals surface area (Å²) >= 11 is 6.04. The number of aryl methyl sites for hydroxylation is 1. The lowest BCUT2D eigenvalue weighted by Crippen LogP contribution is -2.70. The molecule has 2 aromatic carbocycles. The number of carbonyl (C=O) groups excluding carboxylic acids is 1. The normalized spacial score (nSPS) is 22.5. The molecule has 1 fully saturated rings. The Morgan fingerprint density at radius 2 is 1.82 bits per heavy atom. The van der Waals surface area contributed by atoms with E-state index in [0.717, 1.165) is 48.2 Å². The van der Waals surface area contributed by atoms with Gasteiger partial charge in [0.15, 0.2) is 0 Å². The van der Waals surface area contributed by atoms with Crippen LogP contribution in [0.15, 0.2) is 90.1 Å². The Balaban J connectivity index is 1.55. The summed E-state index contributed by atoms with van der Waals surface area (Å²) in [4.78, 5) is 37.5. The van der Waals surface area contributed by atoms with E-state index in [0.29, 0.717) is 35.6 Å². The van der Waals surface area contributed by atoms with Crippen molar-refractivity contribution < 1.29 is 53.6 Å². The minimum atomic E-state index is -1.56. The summed E-state index contributed by atoms with van der Waals surface area (Å²) < 4.78 is 32.1. The van der Waals surface area contributed by atoms with Crippen LogP contribution in [0.2, 0.25) is 0 Å². The lowest BCUT2D eigenvalue weighted by atomic mass is 9.55. The average molecular weight is 921 g/mol. The number of alkyl halides is 1. The number of nitrogens with zero attached hydrogens (tertiary/aromatic N) is 4. The third-order valence-electron chi connectivity index (χ3n) is 12.2. The second-order valence-electron chi connectivity index (χ2n) is 16.4. The van der Waals surface area contributed by atoms with E-state index in [4.69, 9.17) is 45.3 Å². The maximum absolute atomic E-state index is 14.3. The highest BCUT2D eigenvalue weighted by Gasteiger charge is 2.65. The SMILES string of the molecule is C=CCO[C@@]12Oc3ccc(OCc4cccc(C)n4)cc3[C@H]3[C@H](CCCCO)[C@@H](CCCCO)C=C(C(=NOCc4ccc([N+](=O)[O-])cc4)C[C@@H]1N(CCOCCO)C(=O)OCCCl)[C@H]32. The third-order valence-corrected chi connectivity index (χ3v) is 12.3. The van der Waals surface area contributed by atoms with Gasteiger partial charge in [0.25, 0.3) is 5.69 Å². The van der Waals surface area contributed by atoms with Crippen LogP contribution in [0.1, 0.15) is 73.4 Å². The number of unbranched alkanes of at least 4 members (excludes halogenated alkanes) is 2. The van der Waals surface area contributed by atoms with Crippen molar-refractivity contribution in [2.75, 3.05) is 58.7 Å². The number of aliphatic hydroxyl groups excluding tert-OH is 3. The van der Waals surface area contributed by atoms with Crippen LogP contribution < -0.4 is 9.47 Å².